The van der Waals surface area contributed by atoms with Crippen molar-refractivity contribution in [2.75, 3.05) is 38.7 Å². The first-order valence-electron chi connectivity index (χ1n) is 8.25. The fraction of sp³-hybridized carbons (Fsp3) is 0.529. The number of likely N-dealkylation sites (tertiary alicyclic amines) is 1. The zero-order valence-corrected chi connectivity index (χ0v) is 15.5. The van der Waals surface area contributed by atoms with Gasteiger partial charge in [0.2, 0.25) is 5.91 Å². The van der Waals surface area contributed by atoms with E-state index >= 15 is 0 Å². The minimum absolute atomic E-state index is 0.0296. The Balaban J connectivity index is 1.77. The summed E-state index contributed by atoms with van der Waals surface area (Å²) in [5, 5.41) is 6.44. The van der Waals surface area contributed by atoms with E-state index in [1.165, 1.54) is 0 Å². The number of ether oxygens (including phenoxy) is 1. The molecule has 1 atom stereocenters. The number of urea groups is 1. The molecule has 1 aromatic rings. The average Bonchev–Trinajstić information content (AvgIpc) is 2.97. The molecule has 0 saturated carbocycles. The fourth-order valence-corrected chi connectivity index (χ4v) is 4.07. The van der Waals surface area contributed by atoms with E-state index < -0.39 is 0 Å². The molecule has 2 fully saturated rings. The predicted molar refractivity (Wildman–Crippen MR) is 97.1 cm³/mol. The predicted octanol–water partition coefficient (Wildman–Crippen LogP) is 3.00. The first kappa shape index (κ1) is 18.3. The van der Waals surface area contributed by atoms with Crippen LogP contribution in [0.15, 0.2) is 18.2 Å². The van der Waals surface area contributed by atoms with Crippen molar-refractivity contribution in [3.8, 4) is 0 Å². The highest BCUT2D eigenvalue weighted by Crippen LogP contribution is 2.44. The van der Waals surface area contributed by atoms with Crippen LogP contribution < -0.4 is 10.6 Å². The van der Waals surface area contributed by atoms with E-state index in [1.54, 1.807) is 30.1 Å². The molecule has 2 aliphatic heterocycles. The van der Waals surface area contributed by atoms with Gasteiger partial charge < -0.3 is 20.3 Å². The Morgan fingerprint density at radius 2 is 2.00 bits per heavy atom. The number of nitrogens with zero attached hydrogens (tertiary/aromatic N) is 1. The fourth-order valence-electron chi connectivity index (χ4n) is 3.73. The van der Waals surface area contributed by atoms with Gasteiger partial charge in [-0.1, -0.05) is 23.2 Å². The second kappa shape index (κ2) is 7.40. The van der Waals surface area contributed by atoms with E-state index in [-0.39, 0.29) is 23.3 Å². The van der Waals surface area contributed by atoms with Gasteiger partial charge in [-0.2, -0.15) is 0 Å². The summed E-state index contributed by atoms with van der Waals surface area (Å²) < 4.78 is 5.46. The standard InChI is InChI=1S/C17H21Cl2N3O3/c1-20-15(23)12-9-22(10-17(12)4-6-25-7-5-17)16(24)21-14-8-11(18)2-3-13(14)19/h2-3,8,12H,4-7,9-10H2,1H3,(H,20,23)(H,21,24). The molecule has 0 radical (unpaired) electrons. The van der Waals surface area contributed by atoms with Gasteiger partial charge in [0.15, 0.2) is 0 Å². The van der Waals surface area contributed by atoms with E-state index in [4.69, 9.17) is 27.9 Å². The van der Waals surface area contributed by atoms with Crippen LogP contribution >= 0.6 is 23.2 Å². The number of nitrogens with one attached hydrogen (secondary N) is 2. The maximum atomic E-state index is 12.7. The number of halogens is 2. The van der Waals surface area contributed by atoms with Crippen molar-refractivity contribution in [1.29, 1.82) is 0 Å². The van der Waals surface area contributed by atoms with Gasteiger partial charge in [0.1, 0.15) is 0 Å². The normalized spacial score (nSPS) is 22.0. The van der Waals surface area contributed by atoms with Crippen molar-refractivity contribution in [3.63, 3.8) is 0 Å². The second-order valence-corrected chi connectivity index (χ2v) is 7.42. The first-order chi connectivity index (χ1) is 11.9. The van der Waals surface area contributed by atoms with Crippen LogP contribution in [0.1, 0.15) is 12.8 Å². The van der Waals surface area contributed by atoms with Crippen LogP contribution in [0.2, 0.25) is 10.0 Å². The van der Waals surface area contributed by atoms with Crippen LogP contribution in [-0.2, 0) is 9.53 Å². The minimum Gasteiger partial charge on any atom is -0.381 e. The average molecular weight is 386 g/mol. The summed E-state index contributed by atoms with van der Waals surface area (Å²) in [4.78, 5) is 26.8. The van der Waals surface area contributed by atoms with Crippen molar-refractivity contribution < 1.29 is 14.3 Å². The molecular formula is C17H21Cl2N3O3. The molecule has 2 aliphatic rings. The van der Waals surface area contributed by atoms with E-state index in [9.17, 15) is 9.59 Å². The molecule has 136 valence electrons. The maximum absolute atomic E-state index is 12.7. The Morgan fingerprint density at radius 3 is 2.68 bits per heavy atom. The smallest absolute Gasteiger partial charge is 0.321 e. The highest BCUT2D eigenvalue weighted by molar-refractivity contribution is 6.35. The number of amides is 3. The molecule has 0 aliphatic carbocycles. The van der Waals surface area contributed by atoms with Gasteiger partial charge in [-0.3, -0.25) is 4.79 Å². The number of rotatable bonds is 2. The topological polar surface area (TPSA) is 70.7 Å². The lowest BCUT2D eigenvalue weighted by atomic mass is 9.72. The third kappa shape index (κ3) is 3.71. The van der Waals surface area contributed by atoms with Gasteiger partial charge in [-0.05, 0) is 31.0 Å². The quantitative estimate of drug-likeness (QED) is 0.821. The largest absolute Gasteiger partial charge is 0.381 e. The number of hydrogen-bond acceptors (Lipinski definition) is 3. The van der Waals surface area contributed by atoms with Crippen molar-refractivity contribution >= 4 is 40.8 Å². The Bertz CT molecular complexity index is 677. The first-order valence-corrected chi connectivity index (χ1v) is 9.01. The summed E-state index contributed by atoms with van der Waals surface area (Å²) in [5.74, 6) is -0.264. The molecule has 2 N–H and O–H groups in total. The SMILES string of the molecule is CNC(=O)C1CN(C(=O)Nc2cc(Cl)ccc2Cl)CC12CCOCC2. The van der Waals surface area contributed by atoms with Crippen molar-refractivity contribution in [2.24, 2.45) is 11.3 Å². The van der Waals surface area contributed by atoms with Crippen molar-refractivity contribution in [1.82, 2.24) is 10.2 Å². The number of hydrogen-bond donors (Lipinski definition) is 2. The summed E-state index contributed by atoms with van der Waals surface area (Å²) in [6.07, 6.45) is 1.54. The maximum Gasteiger partial charge on any atom is 0.321 e. The molecule has 0 bridgehead atoms. The van der Waals surface area contributed by atoms with Gasteiger partial charge in [0, 0.05) is 43.8 Å². The van der Waals surface area contributed by atoms with Crippen molar-refractivity contribution in [2.45, 2.75) is 12.8 Å². The van der Waals surface area contributed by atoms with E-state index in [0.717, 1.165) is 12.8 Å². The van der Waals surface area contributed by atoms with Gasteiger partial charge in [-0.25, -0.2) is 4.79 Å². The Labute approximate surface area is 156 Å². The molecule has 1 spiro atoms. The number of benzene rings is 1. The zero-order chi connectivity index (χ0) is 18.0. The molecule has 8 heteroatoms. The van der Waals surface area contributed by atoms with Gasteiger partial charge in [0.05, 0.1) is 16.6 Å². The molecule has 2 heterocycles. The number of anilines is 1. The monoisotopic (exact) mass is 385 g/mol. The van der Waals surface area contributed by atoms with Gasteiger partial charge >= 0.3 is 6.03 Å². The Kier molecular flexibility index (Phi) is 5.41. The molecule has 3 amide bonds. The van der Waals surface area contributed by atoms with Crippen LogP contribution in [-0.4, -0.2) is 50.2 Å². The van der Waals surface area contributed by atoms with Crippen LogP contribution in [0.25, 0.3) is 0 Å². The number of carbonyl (C=O) groups is 2. The van der Waals surface area contributed by atoms with E-state index in [2.05, 4.69) is 10.6 Å². The third-order valence-electron chi connectivity index (χ3n) is 5.16. The molecule has 3 rings (SSSR count). The van der Waals surface area contributed by atoms with Crippen molar-refractivity contribution in [3.05, 3.63) is 28.2 Å². The molecule has 1 aromatic carbocycles. The zero-order valence-electron chi connectivity index (χ0n) is 14.0. The van der Waals surface area contributed by atoms with E-state index in [1.807, 2.05) is 0 Å². The van der Waals surface area contributed by atoms with Crippen LogP contribution in [0.3, 0.4) is 0 Å². The van der Waals surface area contributed by atoms with Crippen LogP contribution in [0, 0.1) is 11.3 Å². The summed E-state index contributed by atoms with van der Waals surface area (Å²) >= 11 is 12.1. The number of carbonyl (C=O) groups excluding carboxylic acids is 2. The second-order valence-electron chi connectivity index (χ2n) is 6.58. The third-order valence-corrected chi connectivity index (χ3v) is 5.72. The van der Waals surface area contributed by atoms with Gasteiger partial charge in [-0.15, -0.1) is 0 Å². The minimum atomic E-state index is -0.276. The molecule has 1 unspecified atom stereocenters. The summed E-state index contributed by atoms with van der Waals surface area (Å²) in [6.45, 7) is 2.13. The summed E-state index contributed by atoms with van der Waals surface area (Å²) in [5.41, 5.74) is 0.233. The molecule has 6 nitrogen and oxygen atoms in total. The van der Waals surface area contributed by atoms with E-state index in [0.29, 0.717) is 42.0 Å². The lowest BCUT2D eigenvalue weighted by molar-refractivity contribution is -0.129. The highest BCUT2D eigenvalue weighted by Gasteiger charge is 2.51. The molecule has 25 heavy (non-hydrogen) atoms. The van der Waals surface area contributed by atoms with Gasteiger partial charge in [0.25, 0.3) is 0 Å². The van der Waals surface area contributed by atoms with Crippen LogP contribution in [0.4, 0.5) is 10.5 Å². The lowest BCUT2D eigenvalue weighted by Gasteiger charge is -2.36. The Hall–Kier alpha value is -1.50. The summed E-state index contributed by atoms with van der Waals surface area (Å²) in [6, 6.07) is 4.63. The molecule has 0 aromatic heterocycles. The highest BCUT2D eigenvalue weighted by atomic mass is 35.5. The molecular weight excluding hydrogens is 365 g/mol. The van der Waals surface area contributed by atoms with Crippen LogP contribution in [0.5, 0.6) is 0 Å². The Morgan fingerprint density at radius 1 is 1.28 bits per heavy atom. The lowest BCUT2D eigenvalue weighted by Crippen LogP contribution is -2.43. The molecule has 2 saturated heterocycles. The summed E-state index contributed by atoms with van der Waals surface area (Å²) in [7, 11) is 1.63.